The Hall–Kier alpha value is -1.56. The summed E-state index contributed by atoms with van der Waals surface area (Å²) >= 11 is 0. The van der Waals surface area contributed by atoms with Crippen LogP contribution in [0.5, 0.6) is 11.5 Å². The molecular weight excluding hydrogens is 369 g/mol. The molecule has 0 aliphatic carbocycles. The first-order chi connectivity index (χ1) is 12.6. The van der Waals surface area contributed by atoms with Crippen LogP contribution in [0.15, 0.2) is 18.2 Å². The van der Waals surface area contributed by atoms with Crippen LogP contribution < -0.4 is 14.8 Å². The van der Waals surface area contributed by atoms with Crippen molar-refractivity contribution < 1.29 is 27.9 Å². The van der Waals surface area contributed by atoms with Crippen molar-refractivity contribution in [3.63, 3.8) is 0 Å². The molecule has 0 fully saturated rings. The number of benzene rings is 1. The number of methoxy groups -OCH3 is 2. The number of hydrogen-bond acceptors (Lipinski definition) is 6. The van der Waals surface area contributed by atoms with Gasteiger partial charge in [0.05, 0.1) is 26.4 Å². The summed E-state index contributed by atoms with van der Waals surface area (Å²) in [7, 11) is -0.408. The van der Waals surface area contributed by atoms with E-state index in [-0.39, 0.29) is 18.1 Å². The Balaban J connectivity index is 2.70. The summed E-state index contributed by atoms with van der Waals surface area (Å²) in [6.07, 6.45) is -0.0210. The lowest BCUT2D eigenvalue weighted by molar-refractivity contribution is -0.120. The van der Waals surface area contributed by atoms with Crippen LogP contribution >= 0.6 is 7.60 Å². The molecule has 0 saturated carbocycles. The highest BCUT2D eigenvalue weighted by Gasteiger charge is 2.39. The van der Waals surface area contributed by atoms with Gasteiger partial charge in [0.25, 0.3) is 0 Å². The number of rotatable bonds is 11. The molecule has 154 valence electrons. The summed E-state index contributed by atoms with van der Waals surface area (Å²) in [5.41, 5.74) is 0.0911. The minimum absolute atomic E-state index is 0.309. The second-order valence-electron chi connectivity index (χ2n) is 6.75. The van der Waals surface area contributed by atoms with Gasteiger partial charge < -0.3 is 23.8 Å². The SMILES string of the molecule is COc1ccc(CCNC(=O)C(C)P(=O)(OC(C)C)OC(C)C)cc1OC. The molecule has 1 unspecified atom stereocenters. The first kappa shape index (κ1) is 23.5. The Bertz CT molecular complexity index is 648. The van der Waals surface area contributed by atoms with E-state index < -0.39 is 13.3 Å². The van der Waals surface area contributed by atoms with E-state index in [0.29, 0.717) is 24.5 Å². The van der Waals surface area contributed by atoms with E-state index in [9.17, 15) is 9.36 Å². The summed E-state index contributed by atoms with van der Waals surface area (Å²) in [4.78, 5) is 12.5. The van der Waals surface area contributed by atoms with Crippen molar-refractivity contribution in [2.24, 2.45) is 0 Å². The Labute approximate surface area is 162 Å². The molecule has 0 saturated heterocycles. The van der Waals surface area contributed by atoms with Crippen molar-refractivity contribution in [2.75, 3.05) is 20.8 Å². The van der Waals surface area contributed by atoms with Crippen LogP contribution in [0.1, 0.15) is 40.2 Å². The summed E-state index contributed by atoms with van der Waals surface area (Å²) < 4.78 is 34.5. The van der Waals surface area contributed by atoms with Gasteiger partial charge in [-0.3, -0.25) is 9.36 Å². The van der Waals surface area contributed by atoms with Gasteiger partial charge in [-0.15, -0.1) is 0 Å². The van der Waals surface area contributed by atoms with Gasteiger partial charge in [-0.25, -0.2) is 0 Å². The largest absolute Gasteiger partial charge is 0.493 e. The molecule has 1 atom stereocenters. The third-order valence-corrected chi connectivity index (χ3v) is 6.34. The van der Waals surface area contributed by atoms with Gasteiger partial charge in [0.15, 0.2) is 11.5 Å². The molecule has 1 rings (SSSR count). The maximum atomic E-state index is 13.0. The van der Waals surface area contributed by atoms with E-state index >= 15 is 0 Å². The molecule has 0 heterocycles. The fourth-order valence-electron chi connectivity index (χ4n) is 2.45. The highest BCUT2D eigenvalue weighted by atomic mass is 31.2. The fourth-order valence-corrected chi connectivity index (χ4v) is 4.42. The molecule has 0 aromatic heterocycles. The predicted molar refractivity (Wildman–Crippen MR) is 106 cm³/mol. The van der Waals surface area contributed by atoms with Gasteiger partial charge in [-0.05, 0) is 58.7 Å². The zero-order valence-electron chi connectivity index (χ0n) is 17.3. The topological polar surface area (TPSA) is 83.1 Å². The minimum atomic E-state index is -3.56. The average Bonchev–Trinajstić information content (AvgIpc) is 2.59. The Kier molecular flexibility index (Phi) is 9.30. The van der Waals surface area contributed by atoms with Gasteiger partial charge in [-0.1, -0.05) is 6.07 Å². The molecule has 8 heteroatoms. The molecule has 7 nitrogen and oxygen atoms in total. The van der Waals surface area contributed by atoms with Gasteiger partial charge in [0.1, 0.15) is 5.66 Å². The van der Waals surface area contributed by atoms with Crippen LogP contribution in [-0.4, -0.2) is 44.5 Å². The second kappa shape index (κ2) is 10.7. The van der Waals surface area contributed by atoms with E-state index in [1.54, 1.807) is 48.8 Å². The third-order valence-electron chi connectivity index (χ3n) is 3.73. The van der Waals surface area contributed by atoms with E-state index in [4.69, 9.17) is 18.5 Å². The normalized spacial score (nSPS) is 12.9. The number of ether oxygens (including phenoxy) is 2. The lowest BCUT2D eigenvalue weighted by atomic mass is 10.1. The maximum Gasteiger partial charge on any atom is 0.343 e. The van der Waals surface area contributed by atoms with E-state index in [1.807, 2.05) is 18.2 Å². The number of amides is 1. The molecular formula is C19H32NO6P. The van der Waals surface area contributed by atoms with Crippen molar-refractivity contribution >= 4 is 13.5 Å². The van der Waals surface area contributed by atoms with Gasteiger partial charge in [0, 0.05) is 6.54 Å². The van der Waals surface area contributed by atoms with Crippen molar-refractivity contribution in [2.45, 2.75) is 58.9 Å². The van der Waals surface area contributed by atoms with Crippen LogP contribution in [-0.2, 0) is 24.8 Å². The molecule has 0 spiro atoms. The summed E-state index contributed by atoms with van der Waals surface area (Å²) in [6.45, 7) is 9.01. The Morgan fingerprint density at radius 2 is 1.56 bits per heavy atom. The van der Waals surface area contributed by atoms with Gasteiger partial charge in [-0.2, -0.15) is 0 Å². The summed E-state index contributed by atoms with van der Waals surface area (Å²) in [6, 6.07) is 5.59. The molecule has 1 aromatic carbocycles. The smallest absolute Gasteiger partial charge is 0.343 e. The highest BCUT2D eigenvalue weighted by molar-refractivity contribution is 7.55. The monoisotopic (exact) mass is 401 g/mol. The standard InChI is InChI=1S/C19H32NO6P/c1-13(2)25-27(22,26-14(3)4)15(5)19(21)20-11-10-16-8-9-17(23-6)18(12-16)24-7/h8-9,12-15H,10-11H2,1-7H3,(H,20,21). The average molecular weight is 401 g/mol. The summed E-state index contributed by atoms with van der Waals surface area (Å²) in [5, 5.41) is 2.81. The van der Waals surface area contributed by atoms with Crippen LogP contribution in [0.2, 0.25) is 0 Å². The molecule has 27 heavy (non-hydrogen) atoms. The highest BCUT2D eigenvalue weighted by Crippen LogP contribution is 2.55. The van der Waals surface area contributed by atoms with Crippen molar-refractivity contribution in [1.29, 1.82) is 0 Å². The van der Waals surface area contributed by atoms with Crippen molar-refractivity contribution in [1.82, 2.24) is 5.32 Å². The number of carbonyl (C=O) groups is 1. The van der Waals surface area contributed by atoms with Crippen LogP contribution in [0.25, 0.3) is 0 Å². The first-order valence-electron chi connectivity index (χ1n) is 9.08. The zero-order valence-corrected chi connectivity index (χ0v) is 18.2. The summed E-state index contributed by atoms with van der Waals surface area (Å²) in [5.74, 6) is 0.923. The van der Waals surface area contributed by atoms with Crippen LogP contribution in [0, 0.1) is 0 Å². The number of carbonyl (C=O) groups excluding carboxylic acids is 1. The molecule has 1 N–H and O–H groups in total. The number of nitrogens with one attached hydrogen (secondary N) is 1. The zero-order chi connectivity index (χ0) is 20.6. The third kappa shape index (κ3) is 7.17. The Morgan fingerprint density at radius 1 is 1.00 bits per heavy atom. The second-order valence-corrected chi connectivity index (χ2v) is 9.03. The van der Waals surface area contributed by atoms with Crippen LogP contribution in [0.4, 0.5) is 0 Å². The quantitative estimate of drug-likeness (QED) is 0.568. The Morgan fingerprint density at radius 3 is 2.04 bits per heavy atom. The molecule has 0 aliphatic heterocycles. The molecule has 0 aliphatic rings. The van der Waals surface area contributed by atoms with E-state index in [2.05, 4.69) is 5.32 Å². The predicted octanol–water partition coefficient (Wildman–Crippen LogP) is 3.79. The lowest BCUT2D eigenvalue weighted by Crippen LogP contribution is -2.35. The lowest BCUT2D eigenvalue weighted by Gasteiger charge is -2.27. The van der Waals surface area contributed by atoms with E-state index in [1.165, 1.54) is 0 Å². The maximum absolute atomic E-state index is 13.0. The molecule has 1 aromatic rings. The van der Waals surface area contributed by atoms with Crippen molar-refractivity contribution in [3.8, 4) is 11.5 Å². The van der Waals surface area contributed by atoms with Gasteiger partial charge in [0.2, 0.25) is 5.91 Å². The fraction of sp³-hybridized carbons (Fsp3) is 0.632. The number of hydrogen-bond donors (Lipinski definition) is 1. The van der Waals surface area contributed by atoms with Crippen molar-refractivity contribution in [3.05, 3.63) is 23.8 Å². The van der Waals surface area contributed by atoms with Gasteiger partial charge >= 0.3 is 7.60 Å². The first-order valence-corrected chi connectivity index (χ1v) is 10.7. The molecule has 0 radical (unpaired) electrons. The van der Waals surface area contributed by atoms with Crippen LogP contribution in [0.3, 0.4) is 0 Å². The van der Waals surface area contributed by atoms with E-state index in [0.717, 1.165) is 5.56 Å². The molecule has 0 bridgehead atoms. The molecule has 1 amide bonds. The minimum Gasteiger partial charge on any atom is -0.493 e.